The van der Waals surface area contributed by atoms with Gasteiger partial charge in [-0.05, 0) is 20.8 Å². The van der Waals surface area contributed by atoms with Crippen LogP contribution in [0.5, 0.6) is 0 Å². The molecule has 0 aromatic carbocycles. The molecule has 0 fully saturated rings. The van der Waals surface area contributed by atoms with Crippen molar-refractivity contribution in [2.45, 2.75) is 26.4 Å². The molecule has 0 aliphatic rings. The lowest BCUT2D eigenvalue weighted by molar-refractivity contribution is -0.160. The van der Waals surface area contributed by atoms with Crippen LogP contribution in [0.4, 0.5) is 0 Å². The van der Waals surface area contributed by atoms with Gasteiger partial charge >= 0.3 is 11.9 Å². The Kier molecular flexibility index (Phi) is 4.62. The van der Waals surface area contributed by atoms with E-state index in [2.05, 4.69) is 9.99 Å². The van der Waals surface area contributed by atoms with Crippen LogP contribution < -0.4 is 0 Å². The number of rotatable bonds is 4. The van der Waals surface area contributed by atoms with Crippen molar-refractivity contribution in [1.29, 1.82) is 0 Å². The Bertz CT molecular complexity index is 241. The fraction of sp³-hybridized carbons (Fsp3) is 0.625. The number of carbonyl (C=O) groups is 2. The first kappa shape index (κ1) is 12.4. The van der Waals surface area contributed by atoms with Gasteiger partial charge in [0.05, 0.1) is 0 Å². The third-order valence-corrected chi connectivity index (χ3v) is 0.840. The zero-order chi connectivity index (χ0) is 11.2. The van der Waals surface area contributed by atoms with Crippen molar-refractivity contribution >= 4 is 18.2 Å². The first-order valence-electron chi connectivity index (χ1n) is 3.91. The van der Waals surface area contributed by atoms with Gasteiger partial charge in [0.1, 0.15) is 5.60 Å². The first-order valence-corrected chi connectivity index (χ1v) is 3.91. The summed E-state index contributed by atoms with van der Waals surface area (Å²) in [6, 6.07) is 0. The van der Waals surface area contributed by atoms with Gasteiger partial charge in [-0.1, -0.05) is 5.16 Å². The Labute approximate surface area is 81.5 Å². The molecular formula is C8H13NO5. The maximum Gasteiger partial charge on any atom is 0.350 e. The molecule has 0 aromatic rings. The van der Waals surface area contributed by atoms with E-state index in [9.17, 15) is 9.59 Å². The number of aliphatic carboxylic acids is 1. The van der Waals surface area contributed by atoms with Crippen LogP contribution in [0.2, 0.25) is 0 Å². The number of carboxylic acid groups (broad SMARTS) is 1. The topological polar surface area (TPSA) is 85.2 Å². The second kappa shape index (κ2) is 5.21. The van der Waals surface area contributed by atoms with Gasteiger partial charge in [0.15, 0.2) is 6.21 Å². The average molecular weight is 203 g/mol. The highest BCUT2D eigenvalue weighted by atomic mass is 16.7. The Morgan fingerprint density at radius 2 is 2.00 bits per heavy atom. The number of hydrogen-bond acceptors (Lipinski definition) is 5. The summed E-state index contributed by atoms with van der Waals surface area (Å²) >= 11 is 0. The van der Waals surface area contributed by atoms with Crippen molar-refractivity contribution in [2.24, 2.45) is 5.16 Å². The number of nitrogens with zero attached hydrogens (tertiary/aromatic N) is 1. The maximum atomic E-state index is 10.9. The molecule has 6 nitrogen and oxygen atoms in total. The number of esters is 1. The van der Waals surface area contributed by atoms with Crippen molar-refractivity contribution in [2.75, 3.05) is 6.61 Å². The largest absolute Gasteiger partial charge is 0.477 e. The molecule has 0 radical (unpaired) electrons. The molecule has 0 amide bonds. The SMILES string of the molecule is CC(C)(C)OC(=O)CO/N=C\C(=O)O. The highest BCUT2D eigenvalue weighted by Gasteiger charge is 2.16. The van der Waals surface area contributed by atoms with Crippen molar-refractivity contribution in [3.63, 3.8) is 0 Å². The van der Waals surface area contributed by atoms with Gasteiger partial charge in [-0.15, -0.1) is 0 Å². The number of hydrogen-bond donors (Lipinski definition) is 1. The monoisotopic (exact) mass is 203 g/mol. The van der Waals surface area contributed by atoms with Gasteiger partial charge in [0.25, 0.3) is 0 Å². The zero-order valence-corrected chi connectivity index (χ0v) is 8.31. The first-order chi connectivity index (χ1) is 6.31. The fourth-order valence-corrected chi connectivity index (χ4v) is 0.543. The third kappa shape index (κ3) is 8.51. The van der Waals surface area contributed by atoms with Gasteiger partial charge in [-0.2, -0.15) is 0 Å². The molecule has 0 bridgehead atoms. The zero-order valence-electron chi connectivity index (χ0n) is 8.31. The molecule has 6 heteroatoms. The highest BCUT2D eigenvalue weighted by molar-refractivity contribution is 6.21. The van der Waals surface area contributed by atoms with Crippen LogP contribution >= 0.6 is 0 Å². The third-order valence-electron chi connectivity index (χ3n) is 0.840. The molecule has 0 aliphatic carbocycles. The molecular weight excluding hydrogens is 190 g/mol. The van der Waals surface area contributed by atoms with E-state index < -0.39 is 24.1 Å². The summed E-state index contributed by atoms with van der Waals surface area (Å²) in [5.41, 5.74) is -0.586. The summed E-state index contributed by atoms with van der Waals surface area (Å²) in [5.74, 6) is -1.84. The molecule has 0 saturated carbocycles. The highest BCUT2D eigenvalue weighted by Crippen LogP contribution is 2.06. The number of ether oxygens (including phenoxy) is 1. The minimum atomic E-state index is -1.24. The quantitative estimate of drug-likeness (QED) is 0.406. The molecule has 0 saturated heterocycles. The summed E-state index contributed by atoms with van der Waals surface area (Å²) in [5, 5.41) is 11.1. The standard InChI is InChI=1S/C8H13NO5/c1-8(2,3)14-7(12)5-13-9-4-6(10)11/h4H,5H2,1-3H3,(H,10,11)/b9-4-. The predicted octanol–water partition coefficient (Wildman–Crippen LogP) is 0.415. The molecule has 0 spiro atoms. The van der Waals surface area contributed by atoms with E-state index in [0.29, 0.717) is 6.21 Å². The Balaban J connectivity index is 3.71. The molecule has 80 valence electrons. The molecule has 0 aromatic heterocycles. The minimum Gasteiger partial charge on any atom is -0.477 e. The lowest BCUT2D eigenvalue weighted by atomic mass is 10.2. The van der Waals surface area contributed by atoms with Crippen LogP contribution in [0, 0.1) is 0 Å². The summed E-state index contributed by atoms with van der Waals surface area (Å²) in [4.78, 5) is 25.2. The molecule has 0 aliphatic heterocycles. The van der Waals surface area contributed by atoms with E-state index in [-0.39, 0.29) is 0 Å². The van der Waals surface area contributed by atoms with E-state index in [1.807, 2.05) is 0 Å². The number of carboxylic acids is 1. The van der Waals surface area contributed by atoms with Crippen molar-refractivity contribution in [3.8, 4) is 0 Å². The number of carbonyl (C=O) groups excluding carboxylic acids is 1. The van der Waals surface area contributed by atoms with Crippen molar-refractivity contribution in [3.05, 3.63) is 0 Å². The maximum absolute atomic E-state index is 10.9. The summed E-state index contributed by atoms with van der Waals surface area (Å²) in [7, 11) is 0. The van der Waals surface area contributed by atoms with Gasteiger partial charge < -0.3 is 14.7 Å². The van der Waals surface area contributed by atoms with E-state index >= 15 is 0 Å². The van der Waals surface area contributed by atoms with Gasteiger partial charge in [0.2, 0.25) is 6.61 Å². The molecule has 0 heterocycles. The van der Waals surface area contributed by atoms with E-state index in [1.165, 1.54) is 0 Å². The molecule has 1 N–H and O–H groups in total. The smallest absolute Gasteiger partial charge is 0.350 e. The molecule has 14 heavy (non-hydrogen) atoms. The van der Waals surface area contributed by atoms with Gasteiger partial charge in [0, 0.05) is 0 Å². The lowest BCUT2D eigenvalue weighted by Gasteiger charge is -2.18. The van der Waals surface area contributed by atoms with E-state index in [0.717, 1.165) is 0 Å². The van der Waals surface area contributed by atoms with Gasteiger partial charge in [-0.25, -0.2) is 9.59 Å². The molecule has 0 unspecified atom stereocenters. The normalized spacial score (nSPS) is 11.4. The van der Waals surface area contributed by atoms with Gasteiger partial charge in [-0.3, -0.25) is 0 Å². The average Bonchev–Trinajstić information content (AvgIpc) is 1.94. The summed E-state index contributed by atoms with van der Waals surface area (Å²) in [6.45, 7) is 4.74. The fourth-order valence-electron chi connectivity index (χ4n) is 0.543. The van der Waals surface area contributed by atoms with E-state index in [4.69, 9.17) is 9.84 Å². The van der Waals surface area contributed by atoms with Crippen LogP contribution in [0.1, 0.15) is 20.8 Å². The van der Waals surface area contributed by atoms with E-state index in [1.54, 1.807) is 20.8 Å². The Morgan fingerprint density at radius 3 is 2.43 bits per heavy atom. The molecule has 0 rings (SSSR count). The minimum absolute atomic E-state index is 0.402. The lowest BCUT2D eigenvalue weighted by Crippen LogP contribution is -2.26. The second-order valence-electron chi connectivity index (χ2n) is 3.43. The van der Waals surface area contributed by atoms with Crippen LogP contribution in [0.25, 0.3) is 0 Å². The Morgan fingerprint density at radius 1 is 1.43 bits per heavy atom. The second-order valence-corrected chi connectivity index (χ2v) is 3.43. The molecule has 0 atom stereocenters. The van der Waals surface area contributed by atoms with Crippen LogP contribution in [0.15, 0.2) is 5.16 Å². The number of oxime groups is 1. The van der Waals surface area contributed by atoms with Crippen molar-refractivity contribution in [1.82, 2.24) is 0 Å². The Hall–Kier alpha value is -1.59. The summed E-state index contributed by atoms with van der Waals surface area (Å²) < 4.78 is 4.86. The van der Waals surface area contributed by atoms with Crippen LogP contribution in [-0.2, 0) is 19.2 Å². The van der Waals surface area contributed by atoms with Crippen LogP contribution in [0.3, 0.4) is 0 Å². The van der Waals surface area contributed by atoms with Crippen LogP contribution in [-0.4, -0.2) is 35.5 Å². The summed E-state index contributed by atoms with van der Waals surface area (Å²) in [6.07, 6.45) is 0.546. The predicted molar refractivity (Wildman–Crippen MR) is 47.9 cm³/mol. The van der Waals surface area contributed by atoms with Crippen molar-refractivity contribution < 1.29 is 24.3 Å².